The molecule has 6 nitrogen and oxygen atoms in total. The lowest BCUT2D eigenvalue weighted by atomic mass is 9.89. The fourth-order valence-electron chi connectivity index (χ4n) is 3.83. The number of ether oxygens (including phenoxy) is 3. The molecule has 156 valence electrons. The Kier molecular flexibility index (Phi) is 7.12. The third-order valence-corrected chi connectivity index (χ3v) is 5.33. The van der Waals surface area contributed by atoms with Crippen molar-refractivity contribution < 1.29 is 19.0 Å². The Bertz CT molecular complexity index is 809. The molecule has 6 heteroatoms. The summed E-state index contributed by atoms with van der Waals surface area (Å²) in [6.45, 7) is 4.36. The number of fused-ring (bicyclic) bond motifs is 1. The molecule has 1 aliphatic rings. The van der Waals surface area contributed by atoms with Crippen molar-refractivity contribution in [2.75, 3.05) is 45.9 Å². The zero-order chi connectivity index (χ0) is 20.7. The zero-order valence-electron chi connectivity index (χ0n) is 17.4. The number of benzene rings is 2. The van der Waals surface area contributed by atoms with E-state index in [1.54, 1.807) is 14.2 Å². The minimum atomic E-state index is -0.621. The Labute approximate surface area is 172 Å². The fraction of sp³-hybridized carbons (Fsp3) is 0.435. The number of nitrogens with one attached hydrogen (secondary N) is 1. The summed E-state index contributed by atoms with van der Waals surface area (Å²) in [6.07, 6.45) is 1.50. The van der Waals surface area contributed by atoms with Crippen molar-refractivity contribution in [1.82, 2.24) is 4.90 Å². The van der Waals surface area contributed by atoms with E-state index in [-0.39, 0.29) is 5.91 Å². The van der Waals surface area contributed by atoms with Crippen molar-refractivity contribution in [2.45, 2.75) is 25.4 Å². The first-order valence-electron chi connectivity index (χ1n) is 10.1. The molecule has 0 bridgehead atoms. The van der Waals surface area contributed by atoms with Gasteiger partial charge in [0.05, 0.1) is 12.2 Å². The van der Waals surface area contributed by atoms with E-state index in [4.69, 9.17) is 14.2 Å². The molecule has 2 aromatic rings. The summed E-state index contributed by atoms with van der Waals surface area (Å²) in [6, 6.07) is 15.6. The molecule has 1 N–H and O–H groups in total. The maximum absolute atomic E-state index is 13.4. The lowest BCUT2D eigenvalue weighted by Gasteiger charge is -2.48. The average molecular weight is 399 g/mol. The largest absolute Gasteiger partial charge is 0.491 e. The van der Waals surface area contributed by atoms with Crippen molar-refractivity contribution >= 4 is 11.6 Å². The molecule has 1 unspecified atom stereocenters. The number of anilines is 1. The number of hydrogen-bond donors (Lipinski definition) is 1. The summed E-state index contributed by atoms with van der Waals surface area (Å²) in [5.41, 5.74) is 1.97. The molecule has 0 spiro atoms. The summed E-state index contributed by atoms with van der Waals surface area (Å²) >= 11 is 0. The van der Waals surface area contributed by atoms with E-state index in [1.165, 1.54) is 0 Å². The van der Waals surface area contributed by atoms with Crippen LogP contribution in [0.2, 0.25) is 0 Å². The molecule has 0 aromatic heterocycles. The predicted octanol–water partition coefficient (Wildman–Crippen LogP) is 3.88. The number of rotatable bonds is 10. The van der Waals surface area contributed by atoms with Crippen LogP contribution in [0.25, 0.3) is 0 Å². The molecular weight excluding hydrogens is 368 g/mol. The lowest BCUT2D eigenvalue weighted by Crippen LogP contribution is -2.57. The van der Waals surface area contributed by atoms with Gasteiger partial charge in [0.1, 0.15) is 18.0 Å². The van der Waals surface area contributed by atoms with Crippen molar-refractivity contribution in [3.8, 4) is 5.75 Å². The summed E-state index contributed by atoms with van der Waals surface area (Å²) in [5.74, 6) is 0.822. The third-order valence-electron chi connectivity index (χ3n) is 5.33. The normalized spacial score (nSPS) is 18.3. The number of amides is 1. The van der Waals surface area contributed by atoms with Crippen molar-refractivity contribution in [3.05, 3.63) is 59.7 Å². The first-order chi connectivity index (χ1) is 14.2. The molecule has 2 aromatic carbocycles. The molecule has 0 fully saturated rings. The van der Waals surface area contributed by atoms with E-state index >= 15 is 0 Å². The van der Waals surface area contributed by atoms with Gasteiger partial charge in [0, 0.05) is 33.1 Å². The van der Waals surface area contributed by atoms with Gasteiger partial charge in [-0.3, -0.25) is 4.79 Å². The number of methoxy groups -OCH3 is 2. The van der Waals surface area contributed by atoms with Crippen LogP contribution in [0.15, 0.2) is 48.5 Å². The summed E-state index contributed by atoms with van der Waals surface area (Å²) in [5, 5.41) is 3.66. The summed E-state index contributed by atoms with van der Waals surface area (Å²) in [7, 11) is 3.33. The van der Waals surface area contributed by atoms with Gasteiger partial charge < -0.3 is 24.4 Å². The molecule has 1 aliphatic heterocycles. The monoisotopic (exact) mass is 398 g/mol. The Hall–Kier alpha value is -2.57. The number of hydrogen-bond acceptors (Lipinski definition) is 5. The van der Waals surface area contributed by atoms with Crippen molar-refractivity contribution in [3.63, 3.8) is 0 Å². The fourth-order valence-corrected chi connectivity index (χ4v) is 3.83. The van der Waals surface area contributed by atoms with Crippen LogP contribution < -0.4 is 10.1 Å². The maximum Gasteiger partial charge on any atom is 0.258 e. The van der Waals surface area contributed by atoms with Crippen molar-refractivity contribution in [2.24, 2.45) is 0 Å². The van der Waals surface area contributed by atoms with Gasteiger partial charge in [-0.1, -0.05) is 31.2 Å². The first kappa shape index (κ1) is 21.1. The number of carbonyl (C=O) groups excluding carboxylic acids is 1. The number of para-hydroxylation sites is 1. The molecule has 0 radical (unpaired) electrons. The molecule has 0 aliphatic carbocycles. The van der Waals surface area contributed by atoms with Gasteiger partial charge in [-0.05, 0) is 42.7 Å². The van der Waals surface area contributed by atoms with Crippen LogP contribution >= 0.6 is 0 Å². The Morgan fingerprint density at radius 2 is 1.69 bits per heavy atom. The minimum Gasteiger partial charge on any atom is -0.491 e. The van der Waals surface area contributed by atoms with Crippen LogP contribution in [0, 0.1) is 0 Å². The average Bonchev–Trinajstić information content (AvgIpc) is 2.76. The second kappa shape index (κ2) is 9.76. The summed E-state index contributed by atoms with van der Waals surface area (Å²) < 4.78 is 16.0. The highest BCUT2D eigenvalue weighted by Crippen LogP contribution is 2.40. The number of carbonyl (C=O) groups is 1. The lowest BCUT2D eigenvalue weighted by molar-refractivity contribution is 0.0451. The predicted molar refractivity (Wildman–Crippen MR) is 113 cm³/mol. The molecule has 1 amide bonds. The molecule has 1 heterocycles. The van der Waals surface area contributed by atoms with Gasteiger partial charge >= 0.3 is 0 Å². The van der Waals surface area contributed by atoms with Gasteiger partial charge in [-0.2, -0.15) is 0 Å². The Morgan fingerprint density at radius 3 is 2.38 bits per heavy atom. The van der Waals surface area contributed by atoms with Gasteiger partial charge in [-0.25, -0.2) is 0 Å². The quantitative estimate of drug-likeness (QED) is 0.616. The van der Waals surface area contributed by atoms with Gasteiger partial charge in [0.2, 0.25) is 0 Å². The van der Waals surface area contributed by atoms with Gasteiger partial charge in [0.25, 0.3) is 5.91 Å². The topological polar surface area (TPSA) is 60.0 Å². The van der Waals surface area contributed by atoms with Crippen LogP contribution in [0.3, 0.4) is 0 Å². The molecule has 0 saturated heterocycles. The van der Waals surface area contributed by atoms with Gasteiger partial charge in [-0.15, -0.1) is 0 Å². The maximum atomic E-state index is 13.4. The molecule has 0 saturated carbocycles. The summed E-state index contributed by atoms with van der Waals surface area (Å²) in [4.78, 5) is 15.3. The zero-order valence-corrected chi connectivity index (χ0v) is 17.4. The van der Waals surface area contributed by atoms with Crippen molar-refractivity contribution in [1.29, 1.82) is 0 Å². The van der Waals surface area contributed by atoms with Crippen LogP contribution in [-0.2, 0) is 15.1 Å². The standard InChI is InChI=1S/C23H30N2O4/c1-4-23(18-10-12-19(13-11-18)29-17-16-28-3)24-21-9-6-5-8-20(21)22(26)25(23)14-7-15-27-2/h5-6,8-13,24H,4,7,14-17H2,1-3H3. The molecule has 1 atom stereocenters. The van der Waals surface area contributed by atoms with Crippen LogP contribution in [0.4, 0.5) is 5.69 Å². The Morgan fingerprint density at radius 1 is 0.966 bits per heavy atom. The number of nitrogens with zero attached hydrogens (tertiary/aromatic N) is 1. The van der Waals surface area contributed by atoms with Crippen LogP contribution in [-0.4, -0.2) is 51.4 Å². The van der Waals surface area contributed by atoms with E-state index in [9.17, 15) is 4.79 Å². The highest BCUT2D eigenvalue weighted by atomic mass is 16.5. The van der Waals surface area contributed by atoms with E-state index in [0.717, 1.165) is 29.8 Å². The van der Waals surface area contributed by atoms with E-state index in [0.29, 0.717) is 31.9 Å². The van der Waals surface area contributed by atoms with E-state index in [2.05, 4.69) is 12.2 Å². The minimum absolute atomic E-state index is 0.0396. The van der Waals surface area contributed by atoms with Crippen LogP contribution in [0.1, 0.15) is 35.7 Å². The highest BCUT2D eigenvalue weighted by molar-refractivity contribution is 6.02. The molecule has 29 heavy (non-hydrogen) atoms. The third kappa shape index (κ3) is 4.38. The second-order valence-corrected chi connectivity index (χ2v) is 7.05. The molecule has 3 rings (SSSR count). The molecular formula is C23H30N2O4. The van der Waals surface area contributed by atoms with Gasteiger partial charge in [0.15, 0.2) is 0 Å². The first-order valence-corrected chi connectivity index (χ1v) is 10.1. The highest BCUT2D eigenvalue weighted by Gasteiger charge is 2.44. The van der Waals surface area contributed by atoms with E-state index in [1.807, 2.05) is 53.4 Å². The van der Waals surface area contributed by atoms with E-state index < -0.39 is 5.66 Å². The van der Waals surface area contributed by atoms with Crippen LogP contribution in [0.5, 0.6) is 5.75 Å². The smallest absolute Gasteiger partial charge is 0.258 e. The SMILES string of the molecule is CCC1(c2ccc(OCCOC)cc2)Nc2ccccc2C(=O)N1CCCOC. The Balaban J connectivity index is 1.95. The second-order valence-electron chi connectivity index (χ2n) is 7.05.